The van der Waals surface area contributed by atoms with E-state index in [4.69, 9.17) is 9.47 Å². The molecular formula is C18H14N2O5S2. The molecule has 3 heterocycles. The summed E-state index contributed by atoms with van der Waals surface area (Å²) in [5, 5.41) is 4.17. The number of carbonyl (C=O) groups excluding carboxylic acids is 3. The normalized spacial score (nSPS) is 17.0. The lowest BCUT2D eigenvalue weighted by Gasteiger charge is -2.12. The van der Waals surface area contributed by atoms with Crippen LogP contribution in [-0.2, 0) is 4.79 Å². The van der Waals surface area contributed by atoms with Crippen molar-refractivity contribution in [3.8, 4) is 11.5 Å². The highest BCUT2D eigenvalue weighted by Gasteiger charge is 2.34. The van der Waals surface area contributed by atoms with E-state index >= 15 is 0 Å². The number of nitrogens with one attached hydrogen (secondary N) is 1. The Labute approximate surface area is 162 Å². The number of hydrogen-bond acceptors (Lipinski definition) is 7. The predicted octanol–water partition coefficient (Wildman–Crippen LogP) is 2.94. The molecule has 0 unspecified atom stereocenters. The minimum Gasteiger partial charge on any atom is -0.454 e. The van der Waals surface area contributed by atoms with E-state index in [2.05, 4.69) is 5.32 Å². The van der Waals surface area contributed by atoms with Gasteiger partial charge in [-0.2, -0.15) is 0 Å². The molecule has 27 heavy (non-hydrogen) atoms. The van der Waals surface area contributed by atoms with Crippen LogP contribution in [0.3, 0.4) is 0 Å². The average molecular weight is 402 g/mol. The van der Waals surface area contributed by atoms with E-state index in [9.17, 15) is 14.4 Å². The van der Waals surface area contributed by atoms with Gasteiger partial charge in [0.15, 0.2) is 11.5 Å². The molecule has 138 valence electrons. The van der Waals surface area contributed by atoms with E-state index in [-0.39, 0.29) is 36.9 Å². The third kappa shape index (κ3) is 3.69. The maximum Gasteiger partial charge on any atom is 0.293 e. The van der Waals surface area contributed by atoms with Crippen LogP contribution in [0.2, 0.25) is 0 Å². The Morgan fingerprint density at radius 3 is 2.89 bits per heavy atom. The fourth-order valence-corrected chi connectivity index (χ4v) is 4.13. The average Bonchev–Trinajstić information content (AvgIpc) is 3.38. The van der Waals surface area contributed by atoms with Gasteiger partial charge >= 0.3 is 0 Å². The highest BCUT2D eigenvalue weighted by molar-refractivity contribution is 8.18. The molecule has 0 bridgehead atoms. The van der Waals surface area contributed by atoms with Gasteiger partial charge in [0.25, 0.3) is 17.1 Å². The maximum absolute atomic E-state index is 12.5. The molecule has 9 heteroatoms. The number of hydrogen-bond donors (Lipinski definition) is 1. The Balaban J connectivity index is 1.39. The zero-order valence-electron chi connectivity index (χ0n) is 14.0. The highest BCUT2D eigenvalue weighted by Crippen LogP contribution is 2.36. The highest BCUT2D eigenvalue weighted by atomic mass is 32.2. The van der Waals surface area contributed by atoms with Crippen molar-refractivity contribution in [3.05, 3.63) is 51.1 Å². The van der Waals surface area contributed by atoms with Crippen LogP contribution in [0.5, 0.6) is 11.5 Å². The summed E-state index contributed by atoms with van der Waals surface area (Å²) in [5.74, 6) is 0.682. The van der Waals surface area contributed by atoms with Crippen LogP contribution in [0.4, 0.5) is 4.79 Å². The van der Waals surface area contributed by atoms with E-state index in [0.29, 0.717) is 21.3 Å². The topological polar surface area (TPSA) is 84.9 Å². The Hall–Kier alpha value is -2.78. The van der Waals surface area contributed by atoms with Crippen molar-refractivity contribution in [1.82, 2.24) is 10.2 Å². The number of thioether (sulfide) groups is 1. The molecule has 0 radical (unpaired) electrons. The van der Waals surface area contributed by atoms with Gasteiger partial charge in [-0.25, -0.2) is 0 Å². The van der Waals surface area contributed by atoms with Crippen LogP contribution >= 0.6 is 23.1 Å². The first-order valence-electron chi connectivity index (χ1n) is 8.08. The number of thiophene rings is 1. The molecule has 1 fully saturated rings. The molecule has 4 rings (SSSR count). The standard InChI is InChI=1S/C18H14N2O5S2/c21-16(14-2-1-7-26-14)19-5-6-20-17(22)15(27-18(20)23)9-11-3-4-12-13(8-11)25-10-24-12/h1-4,7-9H,5-6,10H2,(H,19,21)/b15-9-. The van der Waals surface area contributed by atoms with Gasteiger partial charge in [0.1, 0.15) is 0 Å². The first kappa shape index (κ1) is 17.6. The lowest BCUT2D eigenvalue weighted by Crippen LogP contribution is -2.37. The van der Waals surface area contributed by atoms with Crippen molar-refractivity contribution in [2.24, 2.45) is 0 Å². The van der Waals surface area contributed by atoms with Gasteiger partial charge in [-0.05, 0) is 47.0 Å². The molecule has 1 N–H and O–H groups in total. The number of imide groups is 1. The van der Waals surface area contributed by atoms with Crippen LogP contribution in [0, 0.1) is 0 Å². The van der Waals surface area contributed by atoms with Crippen molar-refractivity contribution in [2.75, 3.05) is 19.9 Å². The third-order valence-electron chi connectivity index (χ3n) is 3.93. The van der Waals surface area contributed by atoms with Gasteiger partial charge in [-0.1, -0.05) is 12.1 Å². The van der Waals surface area contributed by atoms with Gasteiger partial charge in [-0.15, -0.1) is 11.3 Å². The fourth-order valence-electron chi connectivity index (χ4n) is 2.62. The monoisotopic (exact) mass is 402 g/mol. The zero-order chi connectivity index (χ0) is 18.8. The minimum atomic E-state index is -0.368. The lowest BCUT2D eigenvalue weighted by molar-refractivity contribution is -0.122. The molecule has 0 atom stereocenters. The number of benzene rings is 1. The summed E-state index contributed by atoms with van der Waals surface area (Å²) in [5.41, 5.74) is 0.746. The number of carbonyl (C=O) groups is 3. The predicted molar refractivity (Wildman–Crippen MR) is 102 cm³/mol. The molecule has 3 amide bonds. The molecule has 2 aliphatic heterocycles. The van der Waals surface area contributed by atoms with Gasteiger partial charge in [0, 0.05) is 13.1 Å². The molecule has 1 saturated heterocycles. The van der Waals surface area contributed by atoms with Crippen molar-refractivity contribution in [2.45, 2.75) is 0 Å². The third-order valence-corrected chi connectivity index (χ3v) is 5.71. The first-order chi connectivity index (χ1) is 13.1. The van der Waals surface area contributed by atoms with Crippen molar-refractivity contribution < 1.29 is 23.9 Å². The van der Waals surface area contributed by atoms with Gasteiger partial charge in [-0.3, -0.25) is 19.3 Å². The zero-order valence-corrected chi connectivity index (χ0v) is 15.6. The molecule has 7 nitrogen and oxygen atoms in total. The van der Waals surface area contributed by atoms with Crippen LogP contribution < -0.4 is 14.8 Å². The van der Waals surface area contributed by atoms with Gasteiger partial charge < -0.3 is 14.8 Å². The van der Waals surface area contributed by atoms with E-state index in [0.717, 1.165) is 22.2 Å². The molecule has 0 aliphatic carbocycles. The molecule has 0 saturated carbocycles. The summed E-state index contributed by atoms with van der Waals surface area (Å²) >= 11 is 2.22. The van der Waals surface area contributed by atoms with E-state index in [1.54, 1.807) is 36.4 Å². The molecule has 1 aromatic heterocycles. The minimum absolute atomic E-state index is 0.125. The van der Waals surface area contributed by atoms with Crippen LogP contribution in [-0.4, -0.2) is 41.8 Å². The molecule has 2 aliphatic rings. The number of fused-ring (bicyclic) bond motifs is 1. The number of rotatable bonds is 5. The van der Waals surface area contributed by atoms with Gasteiger partial charge in [0.2, 0.25) is 6.79 Å². The van der Waals surface area contributed by atoms with E-state index in [1.807, 2.05) is 5.38 Å². The number of nitrogens with zero attached hydrogens (tertiary/aromatic N) is 1. The second-order valence-corrected chi connectivity index (χ2v) is 7.62. The SMILES string of the molecule is O=C(NCCN1C(=O)S/C(=C\c2ccc3c(c2)OCO3)C1=O)c1cccs1. The second-order valence-electron chi connectivity index (χ2n) is 5.68. The largest absolute Gasteiger partial charge is 0.454 e. The quantitative estimate of drug-likeness (QED) is 0.774. The summed E-state index contributed by atoms with van der Waals surface area (Å²) in [4.78, 5) is 38.6. The molecule has 0 spiro atoms. The fraction of sp³-hybridized carbons (Fsp3) is 0.167. The number of amides is 3. The molecule has 1 aromatic carbocycles. The lowest BCUT2D eigenvalue weighted by atomic mass is 10.2. The summed E-state index contributed by atoms with van der Waals surface area (Å²) in [7, 11) is 0. The van der Waals surface area contributed by atoms with Crippen molar-refractivity contribution >= 4 is 46.2 Å². The summed E-state index contributed by atoms with van der Waals surface area (Å²) in [6, 6.07) is 8.82. The van der Waals surface area contributed by atoms with Gasteiger partial charge in [0.05, 0.1) is 9.78 Å². The molecular weight excluding hydrogens is 388 g/mol. The van der Waals surface area contributed by atoms with Crippen LogP contribution in [0.15, 0.2) is 40.6 Å². The molecule has 2 aromatic rings. The van der Waals surface area contributed by atoms with Crippen molar-refractivity contribution in [1.29, 1.82) is 0 Å². The Morgan fingerprint density at radius 1 is 1.22 bits per heavy atom. The summed E-state index contributed by atoms with van der Waals surface area (Å²) < 4.78 is 10.6. The van der Waals surface area contributed by atoms with E-state index in [1.165, 1.54) is 11.3 Å². The van der Waals surface area contributed by atoms with Crippen molar-refractivity contribution in [3.63, 3.8) is 0 Å². The van der Waals surface area contributed by atoms with E-state index < -0.39 is 0 Å². The first-order valence-corrected chi connectivity index (χ1v) is 9.78. The maximum atomic E-state index is 12.5. The summed E-state index contributed by atoms with van der Waals surface area (Å²) in [6.45, 7) is 0.499. The Kier molecular flexibility index (Phi) is 4.87. The smallest absolute Gasteiger partial charge is 0.293 e. The summed E-state index contributed by atoms with van der Waals surface area (Å²) in [6.07, 6.45) is 1.65. The van der Waals surface area contributed by atoms with Crippen LogP contribution in [0.1, 0.15) is 15.2 Å². The Morgan fingerprint density at radius 2 is 2.07 bits per heavy atom. The second kappa shape index (κ2) is 7.45. The number of ether oxygens (including phenoxy) is 2. The van der Waals surface area contributed by atoms with Crippen LogP contribution in [0.25, 0.3) is 6.08 Å². The Bertz CT molecular complexity index is 939.